The second kappa shape index (κ2) is 90.0. The molecule has 0 aromatic heterocycles. The number of carbonyl (C=O) groups is 3. The van der Waals surface area contributed by atoms with Gasteiger partial charge in [-0.3, -0.25) is 4.79 Å². The Morgan fingerprint density at radius 2 is 0.394 bits per heavy atom. The summed E-state index contributed by atoms with van der Waals surface area (Å²) in [4.78, 5) is 32.2. The summed E-state index contributed by atoms with van der Waals surface area (Å²) in [6.07, 6.45) is 0. The molecule has 0 unspecified atom stereocenters. The Bertz CT molecular complexity index is 1520. The minimum atomic E-state index is -0.991. The molecule has 0 spiro atoms. The highest BCUT2D eigenvalue weighted by Gasteiger charge is 2.16. The summed E-state index contributed by atoms with van der Waals surface area (Å²) < 4.78 is 147. The molecule has 596 valence electrons. The van der Waals surface area contributed by atoms with Crippen molar-refractivity contribution in [3.63, 3.8) is 0 Å². The average molecular weight is 1520 g/mol. The number of halogens is 1. The molecule has 34 heteroatoms. The van der Waals surface area contributed by atoms with Crippen molar-refractivity contribution < 1.29 is 157 Å². The van der Waals surface area contributed by atoms with Gasteiger partial charge >= 0.3 is 17.9 Å². The number of methoxy groups -OCH3 is 3. The molecule has 0 aromatic carbocycles. The molecule has 0 aromatic rings. The van der Waals surface area contributed by atoms with Crippen LogP contribution in [0.5, 0.6) is 0 Å². The monoisotopic (exact) mass is 1520 g/mol. The highest BCUT2D eigenvalue weighted by molar-refractivity contribution is 9.09. The average Bonchev–Trinajstić information content (AvgIpc) is 2.38. The van der Waals surface area contributed by atoms with E-state index >= 15 is 0 Å². The molecule has 0 radical (unpaired) electrons. The Balaban J connectivity index is -0.000000646. The van der Waals surface area contributed by atoms with Crippen molar-refractivity contribution in [2.75, 3.05) is 357 Å². The van der Waals surface area contributed by atoms with Crippen LogP contribution in [0, 0.1) is 0 Å². The van der Waals surface area contributed by atoms with Gasteiger partial charge in [-0.2, -0.15) is 0 Å². The molecule has 0 aliphatic heterocycles. The highest BCUT2D eigenvalue weighted by atomic mass is 79.9. The first kappa shape index (κ1) is 103. The number of hydrogen-bond donors (Lipinski definition) is 2. The van der Waals surface area contributed by atoms with Crippen molar-refractivity contribution in [2.45, 2.75) is 52.7 Å². The van der Waals surface area contributed by atoms with Gasteiger partial charge in [-0.05, 0) is 41.5 Å². The number of rotatable bonds is 76. The van der Waals surface area contributed by atoms with E-state index in [1.807, 2.05) is 41.5 Å². The van der Waals surface area contributed by atoms with Crippen LogP contribution in [-0.4, -0.2) is 396 Å². The van der Waals surface area contributed by atoms with Crippen LogP contribution in [0.25, 0.3) is 0 Å². The maximum atomic E-state index is 11.4. The number of aliphatic carboxylic acids is 1. The predicted molar refractivity (Wildman–Crippen MR) is 365 cm³/mol. The normalized spacial score (nSPS) is 11.4. The van der Waals surface area contributed by atoms with Crippen molar-refractivity contribution in [1.82, 2.24) is 0 Å². The topological polar surface area (TPSA) is 350 Å². The number of hydrogen-bond acceptors (Lipinski definition) is 32. The van der Waals surface area contributed by atoms with Crippen LogP contribution in [0.4, 0.5) is 0 Å². The van der Waals surface area contributed by atoms with E-state index in [-0.39, 0.29) is 49.3 Å². The number of carboxylic acids is 1. The summed E-state index contributed by atoms with van der Waals surface area (Å²) in [5.74, 6) is -1.59. The lowest BCUT2D eigenvalue weighted by Crippen LogP contribution is -2.27. The Morgan fingerprint density at radius 1 is 0.242 bits per heavy atom. The van der Waals surface area contributed by atoms with Gasteiger partial charge in [0, 0.05) is 21.3 Å². The maximum absolute atomic E-state index is 11.4. The summed E-state index contributed by atoms with van der Waals surface area (Å²) in [6, 6.07) is 0. The number of aliphatic hydroxyl groups excluding tert-OH is 1. The van der Waals surface area contributed by atoms with Crippen LogP contribution in [0.15, 0.2) is 0 Å². The Hall–Kier alpha value is -2.19. The standard InChI is InChI=1S/C23H46O11.C19H38O11.C17H36O9.C6H11BrO2/c1-23(2,3)34-22(24)21-33-20-19-32-18-17-31-16-15-30-14-13-29-12-11-28-10-9-27-8-7-26-6-5-25-4;1-22-2-3-23-4-5-24-6-7-25-8-9-26-10-11-27-12-13-28-14-15-29-16-17-30-18-19(20)21;1-19-4-5-21-8-9-23-12-13-25-16-17-26-15-14-24-11-10-22-7-6-20-3-2-18;1-6(2,3)9-5(8)4-7/h5-21H2,1-4H3;2-18H2,1H3,(H,20,21);18H,2-17H2,1H3;4H2,1-3H3. The lowest BCUT2D eigenvalue weighted by atomic mass is 10.2. The zero-order valence-electron chi connectivity index (χ0n) is 61.5. The Labute approximate surface area is 598 Å². The molecule has 0 fully saturated rings. The highest BCUT2D eigenvalue weighted by Crippen LogP contribution is 2.08. The van der Waals surface area contributed by atoms with E-state index < -0.39 is 11.6 Å². The molecule has 0 atom stereocenters. The minimum Gasteiger partial charge on any atom is -0.480 e. The van der Waals surface area contributed by atoms with Gasteiger partial charge in [-0.1, -0.05) is 15.9 Å². The van der Waals surface area contributed by atoms with Crippen molar-refractivity contribution in [1.29, 1.82) is 0 Å². The number of alkyl halides is 1. The van der Waals surface area contributed by atoms with Crippen LogP contribution < -0.4 is 0 Å². The van der Waals surface area contributed by atoms with E-state index in [1.54, 1.807) is 21.3 Å². The molecular formula is C65H131BrO33. The number of esters is 2. The molecule has 0 amide bonds. The molecule has 99 heavy (non-hydrogen) atoms. The second-order valence-corrected chi connectivity index (χ2v) is 21.9. The molecule has 0 bridgehead atoms. The number of carbonyl (C=O) groups excluding carboxylic acids is 2. The van der Waals surface area contributed by atoms with Gasteiger partial charge in [0.2, 0.25) is 0 Å². The third-order valence-electron chi connectivity index (χ3n) is 10.4. The van der Waals surface area contributed by atoms with E-state index in [1.165, 1.54) is 0 Å². The summed E-state index contributed by atoms with van der Waals surface area (Å²) in [5, 5.41) is 17.2. The van der Waals surface area contributed by atoms with Crippen LogP contribution in [0.3, 0.4) is 0 Å². The lowest BCUT2D eigenvalue weighted by Gasteiger charge is -2.19. The molecule has 0 aliphatic rings. The molecular weight excluding hydrogens is 1390 g/mol. The van der Waals surface area contributed by atoms with Gasteiger partial charge in [0.1, 0.15) is 29.7 Å². The number of aliphatic hydroxyl groups is 1. The van der Waals surface area contributed by atoms with Crippen LogP contribution in [-0.2, 0) is 147 Å². The predicted octanol–water partition coefficient (Wildman–Crippen LogP) is 2.42. The Kier molecular flexibility index (Phi) is 93.8. The fraction of sp³-hybridized carbons (Fsp3) is 0.954. The lowest BCUT2D eigenvalue weighted by molar-refractivity contribution is -0.160. The summed E-state index contributed by atoms with van der Waals surface area (Å²) >= 11 is 2.99. The SMILES string of the molecule is CC(C)(C)OC(=O)CBr.COCCOCCOCCOCCOCCOCCOCCOCCO.COCCOCCOCCOCCOCCOCCOCCOCCOCC(=O)O.COCCOCCOCCOCCOCCOCCOCCOCCOCC(=O)OC(C)(C)C. The van der Waals surface area contributed by atoms with Crippen molar-refractivity contribution in [2.24, 2.45) is 0 Å². The summed E-state index contributed by atoms with van der Waals surface area (Å²) in [5.41, 5.74) is -0.859. The molecule has 0 rings (SSSR count). The summed E-state index contributed by atoms with van der Waals surface area (Å²) in [7, 11) is 4.92. The van der Waals surface area contributed by atoms with Crippen LogP contribution >= 0.6 is 15.9 Å². The van der Waals surface area contributed by atoms with Gasteiger partial charge in [-0.15, -0.1) is 0 Å². The zero-order valence-corrected chi connectivity index (χ0v) is 63.1. The van der Waals surface area contributed by atoms with E-state index in [0.29, 0.717) is 304 Å². The van der Waals surface area contributed by atoms with Gasteiger partial charge in [0.25, 0.3) is 0 Å². The van der Waals surface area contributed by atoms with E-state index in [4.69, 9.17) is 143 Å². The van der Waals surface area contributed by atoms with Crippen molar-refractivity contribution in [3.05, 3.63) is 0 Å². The van der Waals surface area contributed by atoms with Gasteiger partial charge in [0.15, 0.2) is 0 Å². The van der Waals surface area contributed by atoms with Crippen molar-refractivity contribution >= 4 is 33.8 Å². The molecule has 0 saturated carbocycles. The largest absolute Gasteiger partial charge is 0.480 e. The summed E-state index contributed by atoms with van der Waals surface area (Å²) in [6.45, 7) is 34.2. The van der Waals surface area contributed by atoms with Crippen LogP contribution in [0.2, 0.25) is 0 Å². The number of ether oxygens (including phenoxy) is 28. The van der Waals surface area contributed by atoms with E-state index in [9.17, 15) is 14.4 Å². The van der Waals surface area contributed by atoms with Gasteiger partial charge in [-0.25, -0.2) is 9.59 Å². The first-order chi connectivity index (χ1) is 48.1. The van der Waals surface area contributed by atoms with E-state index in [2.05, 4.69) is 15.9 Å². The fourth-order valence-corrected chi connectivity index (χ4v) is 6.16. The fourth-order valence-electron chi connectivity index (χ4n) is 6.05. The quantitative estimate of drug-likeness (QED) is 0.0501. The maximum Gasteiger partial charge on any atom is 0.332 e. The second-order valence-electron chi connectivity index (χ2n) is 21.4. The molecule has 0 saturated heterocycles. The first-order valence-electron chi connectivity index (χ1n) is 33.7. The smallest absolute Gasteiger partial charge is 0.332 e. The third-order valence-corrected chi connectivity index (χ3v) is 10.8. The molecule has 2 N–H and O–H groups in total. The van der Waals surface area contributed by atoms with Gasteiger partial charge < -0.3 is 143 Å². The third kappa shape index (κ3) is 112. The van der Waals surface area contributed by atoms with Gasteiger partial charge in [0.05, 0.1) is 317 Å². The number of carboxylic acid groups (broad SMARTS) is 1. The molecule has 33 nitrogen and oxygen atoms in total. The molecule has 0 aliphatic carbocycles. The van der Waals surface area contributed by atoms with Crippen molar-refractivity contribution in [3.8, 4) is 0 Å². The van der Waals surface area contributed by atoms with Crippen LogP contribution in [0.1, 0.15) is 41.5 Å². The molecule has 0 heterocycles. The van der Waals surface area contributed by atoms with E-state index in [0.717, 1.165) is 0 Å². The Morgan fingerprint density at radius 3 is 0.535 bits per heavy atom. The minimum absolute atomic E-state index is 0.0348. The zero-order chi connectivity index (χ0) is 73.6. The first-order valence-corrected chi connectivity index (χ1v) is 34.8.